The lowest BCUT2D eigenvalue weighted by atomic mass is 9.98. The van der Waals surface area contributed by atoms with E-state index < -0.39 is 0 Å². The minimum Gasteiger partial charge on any atom is -0.332 e. The van der Waals surface area contributed by atoms with E-state index in [1.54, 1.807) is 0 Å². The zero-order valence-electron chi connectivity index (χ0n) is 8.45. The van der Waals surface area contributed by atoms with Gasteiger partial charge in [-0.3, -0.25) is 0 Å². The van der Waals surface area contributed by atoms with Crippen LogP contribution in [-0.4, -0.2) is 16.1 Å². The Bertz CT molecular complexity index is 338. The van der Waals surface area contributed by atoms with Gasteiger partial charge >= 0.3 is 0 Å². The van der Waals surface area contributed by atoms with Gasteiger partial charge in [-0.2, -0.15) is 0 Å². The highest BCUT2D eigenvalue weighted by Crippen LogP contribution is 2.40. The van der Waals surface area contributed by atoms with Crippen molar-refractivity contribution in [2.75, 3.05) is 6.54 Å². The molecule has 3 heteroatoms. The number of rotatable bonds is 2. The molecule has 1 unspecified atom stereocenters. The number of fused-ring (bicyclic) bond motifs is 1. The number of aromatic nitrogens is 2. The molecule has 1 aliphatic carbocycles. The smallest absolute Gasteiger partial charge is 0.111 e. The van der Waals surface area contributed by atoms with Crippen LogP contribution in [0.4, 0.5) is 0 Å². The first-order chi connectivity index (χ1) is 6.88. The molecule has 0 saturated heterocycles. The van der Waals surface area contributed by atoms with Crippen molar-refractivity contribution >= 4 is 0 Å². The Morgan fingerprint density at radius 1 is 1.43 bits per heavy atom. The highest BCUT2D eigenvalue weighted by Gasteiger charge is 2.31. The number of hydrogen-bond acceptors (Lipinski definition) is 2. The molecule has 1 atom stereocenters. The second-order valence-electron chi connectivity index (χ2n) is 4.63. The Balaban J connectivity index is 1.91. The molecule has 0 spiro atoms. The van der Waals surface area contributed by atoms with Crippen LogP contribution in [0.1, 0.15) is 36.7 Å². The average molecular weight is 191 g/mol. The standard InChI is InChI=1S/C11H17N3/c12-5-8-1-4-10-6-13-11(9-2-3-9)14(10)7-8/h6,8-9H,1-5,7,12H2. The first-order valence-electron chi connectivity index (χ1n) is 5.63. The Hall–Kier alpha value is -0.830. The summed E-state index contributed by atoms with van der Waals surface area (Å²) in [6, 6.07) is 0. The molecule has 1 saturated carbocycles. The zero-order valence-corrected chi connectivity index (χ0v) is 8.45. The van der Waals surface area contributed by atoms with Gasteiger partial charge < -0.3 is 10.3 Å². The van der Waals surface area contributed by atoms with Crippen LogP contribution in [0.2, 0.25) is 0 Å². The molecular weight excluding hydrogens is 174 g/mol. The summed E-state index contributed by atoms with van der Waals surface area (Å²) in [7, 11) is 0. The summed E-state index contributed by atoms with van der Waals surface area (Å²) in [5.41, 5.74) is 7.16. The molecule has 1 aliphatic heterocycles. The van der Waals surface area contributed by atoms with Gasteiger partial charge in [0, 0.05) is 24.4 Å². The normalized spacial score (nSPS) is 26.2. The highest BCUT2D eigenvalue weighted by atomic mass is 15.1. The van der Waals surface area contributed by atoms with Crippen LogP contribution in [0.5, 0.6) is 0 Å². The van der Waals surface area contributed by atoms with Crippen molar-refractivity contribution in [2.24, 2.45) is 11.7 Å². The summed E-state index contributed by atoms with van der Waals surface area (Å²) in [5, 5.41) is 0. The molecule has 0 aromatic carbocycles. The summed E-state index contributed by atoms with van der Waals surface area (Å²) in [4.78, 5) is 4.55. The van der Waals surface area contributed by atoms with Crippen molar-refractivity contribution in [3.63, 3.8) is 0 Å². The van der Waals surface area contributed by atoms with Crippen LogP contribution in [0.3, 0.4) is 0 Å². The van der Waals surface area contributed by atoms with Crippen molar-refractivity contribution in [3.05, 3.63) is 17.7 Å². The summed E-state index contributed by atoms with van der Waals surface area (Å²) in [5.74, 6) is 2.77. The lowest BCUT2D eigenvalue weighted by Crippen LogP contribution is -2.27. The van der Waals surface area contributed by atoms with Crippen LogP contribution in [-0.2, 0) is 13.0 Å². The van der Waals surface area contributed by atoms with Crippen LogP contribution in [0.25, 0.3) is 0 Å². The monoisotopic (exact) mass is 191 g/mol. The summed E-state index contributed by atoms with van der Waals surface area (Å²) in [6.45, 7) is 1.93. The van der Waals surface area contributed by atoms with Gasteiger partial charge in [-0.25, -0.2) is 4.98 Å². The summed E-state index contributed by atoms with van der Waals surface area (Å²) < 4.78 is 2.43. The van der Waals surface area contributed by atoms with Gasteiger partial charge in [-0.15, -0.1) is 0 Å². The topological polar surface area (TPSA) is 43.8 Å². The number of nitrogens with zero attached hydrogens (tertiary/aromatic N) is 2. The molecule has 3 rings (SSSR count). The molecule has 0 bridgehead atoms. The van der Waals surface area contributed by atoms with E-state index in [1.807, 2.05) is 0 Å². The molecule has 2 heterocycles. The van der Waals surface area contributed by atoms with E-state index in [1.165, 1.54) is 37.2 Å². The second-order valence-corrected chi connectivity index (χ2v) is 4.63. The van der Waals surface area contributed by atoms with Crippen LogP contribution >= 0.6 is 0 Å². The van der Waals surface area contributed by atoms with E-state index in [4.69, 9.17) is 5.73 Å². The van der Waals surface area contributed by atoms with Gasteiger partial charge in [0.1, 0.15) is 5.82 Å². The van der Waals surface area contributed by atoms with E-state index in [-0.39, 0.29) is 0 Å². The SMILES string of the molecule is NCC1CCc2cnc(C3CC3)n2C1. The fraction of sp³-hybridized carbons (Fsp3) is 0.727. The van der Waals surface area contributed by atoms with E-state index >= 15 is 0 Å². The molecule has 2 aliphatic rings. The third-order valence-corrected chi connectivity index (χ3v) is 3.49. The summed E-state index contributed by atoms with van der Waals surface area (Å²) in [6.07, 6.45) is 7.15. The third-order valence-electron chi connectivity index (χ3n) is 3.49. The Morgan fingerprint density at radius 3 is 3.00 bits per heavy atom. The highest BCUT2D eigenvalue weighted by molar-refractivity contribution is 5.15. The van der Waals surface area contributed by atoms with Crippen molar-refractivity contribution in [3.8, 4) is 0 Å². The van der Waals surface area contributed by atoms with Gasteiger partial charge in [-0.1, -0.05) is 0 Å². The van der Waals surface area contributed by atoms with Crippen LogP contribution < -0.4 is 5.73 Å². The summed E-state index contributed by atoms with van der Waals surface area (Å²) >= 11 is 0. The predicted molar refractivity (Wildman–Crippen MR) is 55.1 cm³/mol. The maximum atomic E-state index is 5.74. The average Bonchev–Trinajstić information content (AvgIpc) is 2.98. The van der Waals surface area contributed by atoms with Crippen molar-refractivity contribution < 1.29 is 0 Å². The van der Waals surface area contributed by atoms with E-state index in [9.17, 15) is 0 Å². The van der Waals surface area contributed by atoms with Gasteiger partial charge in [0.15, 0.2) is 0 Å². The second kappa shape index (κ2) is 3.09. The van der Waals surface area contributed by atoms with Gasteiger partial charge in [0.2, 0.25) is 0 Å². The number of hydrogen-bond donors (Lipinski definition) is 1. The first-order valence-corrected chi connectivity index (χ1v) is 5.63. The quantitative estimate of drug-likeness (QED) is 0.765. The number of aryl methyl sites for hydroxylation is 1. The van der Waals surface area contributed by atoms with E-state index in [2.05, 4.69) is 15.7 Å². The van der Waals surface area contributed by atoms with E-state index in [0.717, 1.165) is 19.0 Å². The lowest BCUT2D eigenvalue weighted by Gasteiger charge is -2.24. The Morgan fingerprint density at radius 2 is 2.29 bits per heavy atom. The first kappa shape index (κ1) is 8.48. The van der Waals surface area contributed by atoms with Gasteiger partial charge in [-0.05, 0) is 38.1 Å². The van der Waals surface area contributed by atoms with Crippen LogP contribution in [0, 0.1) is 5.92 Å². The molecule has 1 aromatic heterocycles. The third kappa shape index (κ3) is 1.27. The maximum Gasteiger partial charge on any atom is 0.111 e. The maximum absolute atomic E-state index is 5.74. The fourth-order valence-electron chi connectivity index (χ4n) is 2.40. The molecule has 3 nitrogen and oxygen atoms in total. The Kier molecular flexibility index (Phi) is 1.87. The van der Waals surface area contributed by atoms with Crippen molar-refractivity contribution in [1.82, 2.24) is 9.55 Å². The molecule has 0 radical (unpaired) electrons. The number of imidazole rings is 1. The van der Waals surface area contributed by atoms with E-state index in [0.29, 0.717) is 5.92 Å². The minimum absolute atomic E-state index is 0.675. The Labute approximate surface area is 84.3 Å². The lowest BCUT2D eigenvalue weighted by molar-refractivity contribution is 0.371. The largest absolute Gasteiger partial charge is 0.332 e. The molecule has 14 heavy (non-hydrogen) atoms. The molecular formula is C11H17N3. The predicted octanol–water partition coefficient (Wildman–Crippen LogP) is 1.28. The minimum atomic E-state index is 0.675. The fourth-order valence-corrected chi connectivity index (χ4v) is 2.40. The van der Waals surface area contributed by atoms with Crippen molar-refractivity contribution in [2.45, 2.75) is 38.1 Å². The zero-order chi connectivity index (χ0) is 9.54. The molecule has 76 valence electrons. The molecule has 1 fully saturated rings. The van der Waals surface area contributed by atoms with Gasteiger partial charge in [0.05, 0.1) is 0 Å². The molecule has 1 aromatic rings. The van der Waals surface area contributed by atoms with Crippen LogP contribution in [0.15, 0.2) is 6.20 Å². The van der Waals surface area contributed by atoms with Crippen molar-refractivity contribution in [1.29, 1.82) is 0 Å². The molecule has 0 amide bonds. The van der Waals surface area contributed by atoms with Gasteiger partial charge in [0.25, 0.3) is 0 Å². The molecule has 2 N–H and O–H groups in total. The number of nitrogens with two attached hydrogens (primary N) is 1.